The lowest BCUT2D eigenvalue weighted by Crippen LogP contribution is -2.38. The molecule has 2 aliphatic carbocycles. The summed E-state index contributed by atoms with van der Waals surface area (Å²) < 4.78 is 0. The molecule has 0 saturated heterocycles. The van der Waals surface area contributed by atoms with Crippen molar-refractivity contribution in [1.82, 2.24) is 0 Å². The van der Waals surface area contributed by atoms with Crippen LogP contribution >= 0.6 is 0 Å². The smallest absolute Gasteiger partial charge is 0.0974 e. The second-order valence-corrected chi connectivity index (χ2v) is 11.1. The molecule has 0 fully saturated rings. The van der Waals surface area contributed by atoms with Gasteiger partial charge in [-0.05, 0) is 33.6 Å². The Hall–Kier alpha value is -3.52. The second kappa shape index (κ2) is 7.24. The largest absolute Gasteiger partial charge is 0.273 e. The number of hydrogen-bond acceptors (Lipinski definition) is 2. The number of fused-ring (bicyclic) bond motifs is 1. The molecule has 34 heavy (non-hydrogen) atoms. The molecule has 4 aromatic carbocycles. The molecule has 2 nitrogen and oxygen atoms in total. The van der Waals surface area contributed by atoms with Gasteiger partial charge in [0.15, 0.2) is 0 Å². The molecule has 2 heteroatoms. The maximum absolute atomic E-state index is 5.47. The average molecular weight is 443 g/mol. The predicted octanol–water partition coefficient (Wildman–Crippen LogP) is 8.09. The highest BCUT2D eigenvalue weighted by Gasteiger charge is 2.45. The van der Waals surface area contributed by atoms with Gasteiger partial charge in [-0.2, -0.15) is 0 Å². The number of rotatable bonds is 2. The highest BCUT2D eigenvalue weighted by atomic mass is 14.9. The Morgan fingerprint density at radius 2 is 1.35 bits per heavy atom. The van der Waals surface area contributed by atoms with Gasteiger partial charge in [0.05, 0.1) is 23.2 Å². The molecule has 2 aliphatic rings. The predicted molar refractivity (Wildman–Crippen MR) is 144 cm³/mol. The monoisotopic (exact) mass is 442 g/mol. The first kappa shape index (κ1) is 21.0. The van der Waals surface area contributed by atoms with E-state index in [0.717, 1.165) is 17.1 Å². The van der Waals surface area contributed by atoms with E-state index in [4.69, 9.17) is 9.98 Å². The normalized spacial score (nSPS) is 20.6. The molecule has 0 N–H and O–H groups in total. The summed E-state index contributed by atoms with van der Waals surface area (Å²) >= 11 is 0. The van der Waals surface area contributed by atoms with Crippen LogP contribution in [0.1, 0.15) is 68.5 Å². The van der Waals surface area contributed by atoms with Crippen LogP contribution in [0.5, 0.6) is 0 Å². The first-order chi connectivity index (χ1) is 16.3. The van der Waals surface area contributed by atoms with Gasteiger partial charge < -0.3 is 0 Å². The van der Waals surface area contributed by atoms with Crippen LogP contribution in [0, 0.1) is 0 Å². The Labute approximate surface area is 202 Å². The van der Waals surface area contributed by atoms with Crippen molar-refractivity contribution in [2.24, 2.45) is 9.98 Å². The van der Waals surface area contributed by atoms with Crippen molar-refractivity contribution in [3.8, 4) is 0 Å². The molecule has 168 valence electrons. The van der Waals surface area contributed by atoms with Crippen LogP contribution in [-0.2, 0) is 10.8 Å². The van der Waals surface area contributed by atoms with Gasteiger partial charge in [-0.3, -0.25) is 4.99 Å². The van der Waals surface area contributed by atoms with Gasteiger partial charge in [-0.25, -0.2) is 4.99 Å². The maximum atomic E-state index is 5.47. The fraction of sp³-hybridized carbons (Fsp3) is 0.250. The lowest BCUT2D eigenvalue weighted by molar-refractivity contribution is 0.358. The van der Waals surface area contributed by atoms with Gasteiger partial charge >= 0.3 is 0 Å². The molecule has 0 heterocycles. The van der Waals surface area contributed by atoms with E-state index in [9.17, 15) is 0 Å². The third-order valence-corrected chi connectivity index (χ3v) is 7.47. The summed E-state index contributed by atoms with van der Waals surface area (Å²) in [6.45, 7) is 11.4. The van der Waals surface area contributed by atoms with Crippen LogP contribution in [0.25, 0.3) is 10.8 Å². The number of para-hydroxylation sites is 1. The number of hydrogen-bond donors (Lipinski definition) is 0. The standard InChI is InChI=1S/C32H30N2/c1-31(2,3)25-18-8-9-19-26(25)33-28-22-15-10-12-20-13-11-16-23(27(20)22)29(28)34-30-21-14-6-7-17-24(21)32(30,4)5/h6-19,30H,1-5H3. The lowest BCUT2D eigenvalue weighted by atomic mass is 9.62. The first-order valence-electron chi connectivity index (χ1n) is 12.1. The Morgan fingerprint density at radius 3 is 2.09 bits per heavy atom. The number of aliphatic imine (C=N–C) groups is 2. The summed E-state index contributed by atoms with van der Waals surface area (Å²) in [5, 5.41) is 2.51. The van der Waals surface area contributed by atoms with E-state index in [1.165, 1.54) is 38.6 Å². The van der Waals surface area contributed by atoms with E-state index >= 15 is 0 Å². The van der Waals surface area contributed by atoms with Gasteiger partial charge in [0.2, 0.25) is 0 Å². The van der Waals surface area contributed by atoms with Crippen LogP contribution in [0.4, 0.5) is 5.69 Å². The zero-order chi connectivity index (χ0) is 23.7. The minimum Gasteiger partial charge on any atom is -0.273 e. The average Bonchev–Trinajstić information content (AvgIpc) is 3.11. The molecule has 1 atom stereocenters. The highest BCUT2D eigenvalue weighted by Crippen LogP contribution is 2.52. The molecule has 0 aliphatic heterocycles. The fourth-order valence-corrected chi connectivity index (χ4v) is 5.70. The van der Waals surface area contributed by atoms with Crippen molar-refractivity contribution in [1.29, 1.82) is 0 Å². The molecular formula is C32H30N2. The first-order valence-corrected chi connectivity index (χ1v) is 12.1. The van der Waals surface area contributed by atoms with Gasteiger partial charge in [0.1, 0.15) is 0 Å². The Bertz CT molecular complexity index is 1510. The van der Waals surface area contributed by atoms with Crippen molar-refractivity contribution in [3.63, 3.8) is 0 Å². The van der Waals surface area contributed by atoms with Gasteiger partial charge in [-0.15, -0.1) is 0 Å². The number of benzene rings is 4. The fourth-order valence-electron chi connectivity index (χ4n) is 5.70. The van der Waals surface area contributed by atoms with E-state index in [-0.39, 0.29) is 16.9 Å². The second-order valence-electron chi connectivity index (χ2n) is 11.1. The topological polar surface area (TPSA) is 24.7 Å². The van der Waals surface area contributed by atoms with E-state index < -0.39 is 0 Å². The third kappa shape index (κ3) is 3.01. The SMILES string of the molecule is CC(C)(C)c1ccccc1N=C1C(=NC2c3ccccc3C2(C)C)c2cccc3cccc1c23. The van der Waals surface area contributed by atoms with E-state index in [2.05, 4.69) is 120 Å². The zero-order valence-corrected chi connectivity index (χ0v) is 20.6. The van der Waals surface area contributed by atoms with Gasteiger partial charge in [0, 0.05) is 21.9 Å². The van der Waals surface area contributed by atoms with Crippen LogP contribution in [0.2, 0.25) is 0 Å². The molecule has 0 aromatic heterocycles. The summed E-state index contributed by atoms with van der Waals surface area (Å²) in [5.41, 5.74) is 9.39. The van der Waals surface area contributed by atoms with Gasteiger partial charge in [-0.1, -0.05) is 113 Å². The molecule has 6 rings (SSSR count). The minimum absolute atomic E-state index is 0.000685. The quantitative estimate of drug-likeness (QED) is 0.300. The zero-order valence-electron chi connectivity index (χ0n) is 20.6. The summed E-state index contributed by atoms with van der Waals surface area (Å²) in [6.07, 6.45) is 0. The van der Waals surface area contributed by atoms with E-state index in [1.807, 2.05) is 0 Å². The van der Waals surface area contributed by atoms with E-state index in [0.29, 0.717) is 0 Å². The van der Waals surface area contributed by atoms with Crippen LogP contribution < -0.4 is 0 Å². The molecule has 1 unspecified atom stereocenters. The molecule has 4 aromatic rings. The Kier molecular flexibility index (Phi) is 4.48. The Balaban J connectivity index is 1.61. The molecule has 0 radical (unpaired) electrons. The van der Waals surface area contributed by atoms with Crippen molar-refractivity contribution >= 4 is 27.9 Å². The maximum Gasteiger partial charge on any atom is 0.0974 e. The van der Waals surface area contributed by atoms with Crippen molar-refractivity contribution in [3.05, 3.63) is 113 Å². The lowest BCUT2D eigenvalue weighted by Gasteiger charge is -2.44. The van der Waals surface area contributed by atoms with Crippen molar-refractivity contribution in [2.75, 3.05) is 0 Å². The number of nitrogens with zero attached hydrogens (tertiary/aromatic N) is 2. The van der Waals surface area contributed by atoms with E-state index in [1.54, 1.807) is 0 Å². The van der Waals surface area contributed by atoms with Crippen LogP contribution in [-0.4, -0.2) is 11.4 Å². The molecule has 0 saturated carbocycles. The van der Waals surface area contributed by atoms with Crippen LogP contribution in [0.15, 0.2) is 94.9 Å². The summed E-state index contributed by atoms with van der Waals surface area (Å²) in [6, 6.07) is 30.4. The third-order valence-electron chi connectivity index (χ3n) is 7.47. The molecular weight excluding hydrogens is 412 g/mol. The van der Waals surface area contributed by atoms with Crippen molar-refractivity contribution in [2.45, 2.75) is 51.5 Å². The van der Waals surface area contributed by atoms with Gasteiger partial charge in [0.25, 0.3) is 0 Å². The molecule has 0 bridgehead atoms. The van der Waals surface area contributed by atoms with Crippen molar-refractivity contribution < 1.29 is 0 Å². The van der Waals surface area contributed by atoms with Crippen LogP contribution in [0.3, 0.4) is 0 Å². The minimum atomic E-state index is 0.000685. The summed E-state index contributed by atoms with van der Waals surface area (Å²) in [7, 11) is 0. The summed E-state index contributed by atoms with van der Waals surface area (Å²) in [4.78, 5) is 10.8. The molecule has 0 amide bonds. The Morgan fingerprint density at radius 1 is 0.706 bits per heavy atom. The highest BCUT2D eigenvalue weighted by molar-refractivity contribution is 6.61. The molecule has 0 spiro atoms. The summed E-state index contributed by atoms with van der Waals surface area (Å²) in [5.74, 6) is 0.